The lowest BCUT2D eigenvalue weighted by Gasteiger charge is -2.36. The minimum absolute atomic E-state index is 0.0932. The Bertz CT molecular complexity index is 1410. The van der Waals surface area contributed by atoms with Gasteiger partial charge in [-0.1, -0.05) is 43.7 Å². The lowest BCUT2D eigenvalue weighted by Crippen LogP contribution is -2.56. The summed E-state index contributed by atoms with van der Waals surface area (Å²) >= 11 is 0. The summed E-state index contributed by atoms with van der Waals surface area (Å²) in [4.78, 5) is 50.6. The third-order valence-electron chi connectivity index (χ3n) is 8.71. The lowest BCUT2D eigenvalue weighted by atomic mass is 10.1. The summed E-state index contributed by atoms with van der Waals surface area (Å²) in [5.41, 5.74) is 2.53. The highest BCUT2D eigenvalue weighted by Gasteiger charge is 2.33. The molecule has 49 heavy (non-hydrogen) atoms. The van der Waals surface area contributed by atoms with Gasteiger partial charge in [0.2, 0.25) is 5.91 Å². The average Bonchev–Trinajstić information content (AvgIpc) is 3.61. The quantitative estimate of drug-likeness (QED) is 0.173. The van der Waals surface area contributed by atoms with E-state index < -0.39 is 19.5 Å². The van der Waals surface area contributed by atoms with E-state index in [1.165, 1.54) is 0 Å². The molecular weight excluding hydrogens is 649 g/mol. The van der Waals surface area contributed by atoms with Crippen LogP contribution >= 0.6 is 7.60 Å². The van der Waals surface area contributed by atoms with E-state index in [1.807, 2.05) is 43.3 Å². The minimum Gasteiger partial charge on any atom is -0.449 e. The van der Waals surface area contributed by atoms with Gasteiger partial charge in [-0.15, -0.1) is 0 Å². The van der Waals surface area contributed by atoms with Crippen LogP contribution in [0.5, 0.6) is 0 Å². The monoisotopic (exact) mass is 701 g/mol. The largest absolute Gasteiger partial charge is 0.449 e. The van der Waals surface area contributed by atoms with Crippen molar-refractivity contribution in [1.29, 1.82) is 0 Å². The number of aromatic nitrogens is 1. The molecule has 0 aliphatic carbocycles. The number of rotatable bonds is 17. The first-order chi connectivity index (χ1) is 23.7. The van der Waals surface area contributed by atoms with Gasteiger partial charge in [0, 0.05) is 57.6 Å². The van der Waals surface area contributed by atoms with Crippen molar-refractivity contribution in [3.8, 4) is 11.3 Å². The summed E-state index contributed by atoms with van der Waals surface area (Å²) < 4.78 is 35.0. The molecule has 1 N–H and O–H groups in total. The van der Waals surface area contributed by atoms with E-state index in [0.29, 0.717) is 51.4 Å². The Hall–Kier alpha value is -3.51. The molecule has 2 aromatic rings. The van der Waals surface area contributed by atoms with E-state index in [2.05, 4.69) is 10.2 Å². The predicted octanol–water partition coefficient (Wildman–Crippen LogP) is 5.20. The molecule has 1 aromatic heterocycles. The SMILES string of the molecule is CCCCOC(=O)N1CCN(C(=O)C(CCCP(=O)(OCC)OCC)NC(=O)c2cc(N3CCC(OC)C3)cc(-c3ccccc3)n2)CC1. The molecule has 14 heteroatoms. The zero-order valence-corrected chi connectivity index (χ0v) is 30.2. The molecule has 2 aliphatic heterocycles. The van der Waals surface area contributed by atoms with Crippen LogP contribution in [0, 0.1) is 0 Å². The molecule has 0 radical (unpaired) electrons. The van der Waals surface area contributed by atoms with Crippen molar-refractivity contribution in [2.24, 2.45) is 0 Å². The number of hydrogen-bond donors (Lipinski definition) is 1. The third kappa shape index (κ3) is 11.0. The number of piperazine rings is 1. The standard InChI is InChI=1S/C35H52N5O8P/c1-5-8-22-46-35(43)39-20-18-38(19-21-39)34(42)30(15-12-23-49(44,47-6-2)48-7-3)37-33(41)32-25-28(40-17-16-29(26-40)45-4)24-31(36-32)27-13-10-9-11-14-27/h9-11,13-14,24-25,29-30H,5-8,12,15-23,26H2,1-4H3,(H,37,41). The smallest absolute Gasteiger partial charge is 0.409 e. The molecule has 2 unspecified atom stereocenters. The second-order valence-corrected chi connectivity index (χ2v) is 14.4. The molecule has 270 valence electrons. The van der Waals surface area contributed by atoms with Gasteiger partial charge in [0.1, 0.15) is 11.7 Å². The second-order valence-electron chi connectivity index (χ2n) is 12.2. The molecule has 0 bridgehead atoms. The number of pyridine rings is 1. The zero-order valence-electron chi connectivity index (χ0n) is 29.3. The predicted molar refractivity (Wildman–Crippen MR) is 188 cm³/mol. The van der Waals surface area contributed by atoms with Gasteiger partial charge in [-0.05, 0) is 51.7 Å². The molecule has 4 rings (SSSR count). The number of nitrogens with zero attached hydrogens (tertiary/aromatic N) is 4. The Morgan fingerprint density at radius 2 is 1.65 bits per heavy atom. The van der Waals surface area contributed by atoms with Crippen molar-refractivity contribution < 1.29 is 37.5 Å². The number of benzene rings is 1. The first-order valence-corrected chi connectivity index (χ1v) is 19.2. The molecular formula is C35H52N5O8P. The van der Waals surface area contributed by atoms with Gasteiger partial charge in [0.25, 0.3) is 5.91 Å². The summed E-state index contributed by atoms with van der Waals surface area (Å²) in [7, 11) is -1.65. The van der Waals surface area contributed by atoms with Crippen LogP contribution in [0.1, 0.15) is 63.4 Å². The number of unbranched alkanes of at least 4 members (excludes halogenated alkanes) is 1. The third-order valence-corrected chi connectivity index (χ3v) is 10.9. The molecule has 2 atom stereocenters. The van der Waals surface area contributed by atoms with Crippen LogP contribution in [-0.2, 0) is 27.9 Å². The summed E-state index contributed by atoms with van der Waals surface area (Å²) in [5, 5.41) is 2.95. The Morgan fingerprint density at radius 1 is 0.959 bits per heavy atom. The van der Waals surface area contributed by atoms with Crippen LogP contribution in [0.15, 0.2) is 42.5 Å². The molecule has 0 spiro atoms. The molecule has 3 heterocycles. The Balaban J connectivity index is 1.54. The maximum atomic E-state index is 14.0. The highest BCUT2D eigenvalue weighted by Crippen LogP contribution is 2.48. The molecule has 2 saturated heterocycles. The highest BCUT2D eigenvalue weighted by molar-refractivity contribution is 7.53. The van der Waals surface area contributed by atoms with E-state index in [1.54, 1.807) is 36.8 Å². The normalized spacial score (nSPS) is 17.2. The van der Waals surface area contributed by atoms with Crippen molar-refractivity contribution >= 4 is 31.2 Å². The van der Waals surface area contributed by atoms with Gasteiger partial charge in [0.15, 0.2) is 0 Å². The van der Waals surface area contributed by atoms with Crippen LogP contribution in [-0.4, -0.2) is 117 Å². The van der Waals surface area contributed by atoms with Crippen LogP contribution in [0.3, 0.4) is 0 Å². The number of carbonyl (C=O) groups is 3. The number of carbonyl (C=O) groups excluding carboxylic acids is 3. The van der Waals surface area contributed by atoms with Crippen LogP contribution in [0.25, 0.3) is 11.3 Å². The first kappa shape index (κ1) is 38.3. The Kier molecular flexibility index (Phi) is 14.9. The number of amides is 3. The fourth-order valence-electron chi connectivity index (χ4n) is 5.99. The van der Waals surface area contributed by atoms with Crippen molar-refractivity contribution in [2.45, 2.75) is 65.0 Å². The van der Waals surface area contributed by atoms with E-state index in [-0.39, 0.29) is 49.6 Å². The van der Waals surface area contributed by atoms with Gasteiger partial charge in [-0.25, -0.2) is 9.78 Å². The number of hydrogen-bond acceptors (Lipinski definition) is 10. The van der Waals surface area contributed by atoms with Crippen LogP contribution < -0.4 is 10.2 Å². The van der Waals surface area contributed by atoms with Crippen molar-refractivity contribution in [2.75, 3.05) is 77.3 Å². The molecule has 3 amide bonds. The topological polar surface area (TPSA) is 140 Å². The van der Waals surface area contributed by atoms with Crippen molar-refractivity contribution in [3.63, 3.8) is 0 Å². The summed E-state index contributed by atoms with van der Waals surface area (Å²) in [5.74, 6) is -0.771. The van der Waals surface area contributed by atoms with E-state index in [9.17, 15) is 18.9 Å². The molecule has 2 aliphatic rings. The minimum atomic E-state index is -3.35. The molecule has 13 nitrogen and oxygen atoms in total. The molecule has 2 fully saturated rings. The average molecular weight is 702 g/mol. The Labute approximate surface area is 290 Å². The van der Waals surface area contributed by atoms with Gasteiger partial charge in [0.05, 0.1) is 37.8 Å². The highest BCUT2D eigenvalue weighted by atomic mass is 31.2. The maximum Gasteiger partial charge on any atom is 0.409 e. The van der Waals surface area contributed by atoms with Gasteiger partial charge < -0.3 is 38.5 Å². The second kappa shape index (κ2) is 19.0. The van der Waals surface area contributed by atoms with Crippen LogP contribution in [0.2, 0.25) is 0 Å². The van der Waals surface area contributed by atoms with Gasteiger partial charge in [-0.3, -0.25) is 14.2 Å². The number of methoxy groups -OCH3 is 1. The van der Waals surface area contributed by atoms with Crippen molar-refractivity contribution in [3.05, 3.63) is 48.2 Å². The number of nitrogens with one attached hydrogen (secondary N) is 1. The fourth-order valence-corrected chi connectivity index (χ4v) is 7.68. The maximum absolute atomic E-state index is 14.0. The van der Waals surface area contributed by atoms with Crippen molar-refractivity contribution in [1.82, 2.24) is 20.1 Å². The van der Waals surface area contributed by atoms with E-state index in [0.717, 1.165) is 37.1 Å². The molecule has 0 saturated carbocycles. The fraction of sp³-hybridized carbons (Fsp3) is 0.600. The van der Waals surface area contributed by atoms with E-state index >= 15 is 0 Å². The first-order valence-electron chi connectivity index (χ1n) is 17.4. The van der Waals surface area contributed by atoms with Crippen LogP contribution in [0.4, 0.5) is 10.5 Å². The van der Waals surface area contributed by atoms with E-state index in [4.69, 9.17) is 23.5 Å². The number of anilines is 1. The van der Waals surface area contributed by atoms with Gasteiger partial charge in [-0.2, -0.15) is 0 Å². The Morgan fingerprint density at radius 3 is 2.29 bits per heavy atom. The lowest BCUT2D eigenvalue weighted by molar-refractivity contribution is -0.135. The summed E-state index contributed by atoms with van der Waals surface area (Å²) in [6.07, 6.45) is 2.92. The van der Waals surface area contributed by atoms with Gasteiger partial charge >= 0.3 is 13.7 Å². The number of ether oxygens (including phenoxy) is 2. The summed E-state index contributed by atoms with van der Waals surface area (Å²) in [6, 6.07) is 12.4. The summed E-state index contributed by atoms with van der Waals surface area (Å²) in [6.45, 7) is 9.06. The molecule has 1 aromatic carbocycles. The zero-order chi connectivity index (χ0) is 35.2.